The Morgan fingerprint density at radius 2 is 2.30 bits per heavy atom. The van der Waals surface area contributed by atoms with E-state index in [-0.39, 0.29) is 0 Å². The zero-order chi connectivity index (χ0) is 7.78. The van der Waals surface area contributed by atoms with Crippen LogP contribution in [-0.4, -0.2) is 5.33 Å². The predicted molar refractivity (Wildman–Crippen MR) is 49.4 cm³/mol. The number of alkyl halides is 1. The topological polar surface area (TPSA) is 0 Å². The quantitative estimate of drug-likeness (QED) is 0.487. The average Bonchev–Trinajstić information content (AvgIpc) is 2.42. The van der Waals surface area contributed by atoms with Crippen molar-refractivity contribution < 1.29 is 0 Å². The highest BCUT2D eigenvalue weighted by Gasteiger charge is 2.49. The lowest BCUT2D eigenvalue weighted by molar-refractivity contribution is 0.530. The maximum atomic E-state index is 3.94. The highest BCUT2D eigenvalue weighted by atomic mass is 79.9. The summed E-state index contributed by atoms with van der Waals surface area (Å²) in [5, 5.41) is 1.15. The van der Waals surface area contributed by atoms with E-state index in [2.05, 4.69) is 36.4 Å². The van der Waals surface area contributed by atoms with E-state index in [4.69, 9.17) is 0 Å². The molecule has 0 nitrogen and oxygen atoms in total. The second kappa shape index (κ2) is 2.69. The van der Waals surface area contributed by atoms with Gasteiger partial charge >= 0.3 is 0 Å². The van der Waals surface area contributed by atoms with Gasteiger partial charge in [-0.15, -0.1) is 6.58 Å². The molecule has 1 heteroatoms. The largest absolute Gasteiger partial charge is 0.100 e. The maximum Gasteiger partial charge on any atom is 0.00936 e. The number of allylic oxidation sites excluding steroid dienone is 1. The van der Waals surface area contributed by atoms with Gasteiger partial charge in [0.1, 0.15) is 0 Å². The van der Waals surface area contributed by atoms with Gasteiger partial charge in [0.05, 0.1) is 0 Å². The minimum absolute atomic E-state index is 0.589. The Bertz CT molecular complexity index is 147. The molecule has 0 amide bonds. The lowest BCUT2D eigenvalue weighted by Gasteiger charge is -2.11. The van der Waals surface area contributed by atoms with Gasteiger partial charge in [0.15, 0.2) is 0 Å². The molecule has 2 atom stereocenters. The first kappa shape index (κ1) is 8.32. The summed E-state index contributed by atoms with van der Waals surface area (Å²) in [6.07, 6.45) is 2.59. The van der Waals surface area contributed by atoms with E-state index in [0.29, 0.717) is 5.41 Å². The third kappa shape index (κ3) is 1.45. The Hall–Kier alpha value is 0.220. The molecule has 10 heavy (non-hydrogen) atoms. The van der Waals surface area contributed by atoms with Crippen LogP contribution in [0, 0.1) is 11.3 Å². The van der Waals surface area contributed by atoms with E-state index < -0.39 is 0 Å². The van der Waals surface area contributed by atoms with E-state index in [1.165, 1.54) is 18.4 Å². The fourth-order valence-electron chi connectivity index (χ4n) is 1.63. The smallest absolute Gasteiger partial charge is 0.00936 e. The number of halogens is 1. The summed E-state index contributed by atoms with van der Waals surface area (Å²) in [6, 6.07) is 0. The van der Waals surface area contributed by atoms with E-state index in [1.54, 1.807) is 0 Å². The Morgan fingerprint density at radius 3 is 2.40 bits per heavy atom. The van der Waals surface area contributed by atoms with Crippen molar-refractivity contribution in [2.45, 2.75) is 26.7 Å². The molecule has 0 spiro atoms. The Morgan fingerprint density at radius 1 is 1.80 bits per heavy atom. The minimum atomic E-state index is 0.589. The Balaban J connectivity index is 2.45. The van der Waals surface area contributed by atoms with Crippen LogP contribution in [0.3, 0.4) is 0 Å². The highest BCUT2D eigenvalue weighted by Crippen LogP contribution is 2.57. The van der Waals surface area contributed by atoms with E-state index in [9.17, 15) is 0 Å². The molecule has 1 saturated carbocycles. The van der Waals surface area contributed by atoms with Crippen LogP contribution >= 0.6 is 15.9 Å². The van der Waals surface area contributed by atoms with Crippen LogP contribution in [0.25, 0.3) is 0 Å². The molecule has 0 heterocycles. The van der Waals surface area contributed by atoms with Crippen LogP contribution in [0.15, 0.2) is 12.2 Å². The van der Waals surface area contributed by atoms with Gasteiger partial charge in [-0.3, -0.25) is 0 Å². The third-order valence-corrected chi connectivity index (χ3v) is 3.63. The summed E-state index contributed by atoms with van der Waals surface area (Å²) in [7, 11) is 0. The van der Waals surface area contributed by atoms with Crippen molar-refractivity contribution in [3.05, 3.63) is 12.2 Å². The van der Waals surface area contributed by atoms with Crippen LogP contribution in [0.1, 0.15) is 26.7 Å². The van der Waals surface area contributed by atoms with Gasteiger partial charge in [0.25, 0.3) is 0 Å². The van der Waals surface area contributed by atoms with Gasteiger partial charge in [-0.1, -0.05) is 28.4 Å². The molecule has 0 N–H and O–H groups in total. The fourth-order valence-corrected chi connectivity index (χ4v) is 2.61. The van der Waals surface area contributed by atoms with Crippen LogP contribution in [-0.2, 0) is 0 Å². The molecule has 1 aliphatic rings. The highest BCUT2D eigenvalue weighted by molar-refractivity contribution is 9.09. The van der Waals surface area contributed by atoms with Crippen molar-refractivity contribution >= 4 is 15.9 Å². The van der Waals surface area contributed by atoms with Crippen molar-refractivity contribution in [3.8, 4) is 0 Å². The van der Waals surface area contributed by atoms with E-state index in [0.717, 1.165) is 11.2 Å². The second-order valence-electron chi connectivity index (χ2n) is 3.74. The fraction of sp³-hybridized carbons (Fsp3) is 0.778. The van der Waals surface area contributed by atoms with Crippen molar-refractivity contribution in [2.75, 3.05) is 5.33 Å². The molecule has 0 aromatic rings. The van der Waals surface area contributed by atoms with Gasteiger partial charge in [-0.2, -0.15) is 0 Å². The van der Waals surface area contributed by atoms with Crippen molar-refractivity contribution in [2.24, 2.45) is 11.3 Å². The predicted octanol–water partition coefficient (Wildman–Crippen LogP) is 3.37. The Labute approximate surface area is 71.8 Å². The first-order chi connectivity index (χ1) is 4.60. The molecular weight excluding hydrogens is 188 g/mol. The van der Waals surface area contributed by atoms with E-state index in [1.807, 2.05) is 0 Å². The average molecular weight is 203 g/mol. The molecule has 0 saturated heterocycles. The molecule has 1 rings (SSSR count). The lowest BCUT2D eigenvalue weighted by Crippen LogP contribution is -2.04. The standard InChI is InChI=1S/C9H15Br/c1-7(2)4-9(6-10)5-8(9)3/h8H,1,4-6H2,2-3H3. The van der Waals surface area contributed by atoms with Crippen LogP contribution < -0.4 is 0 Å². The first-order valence-corrected chi connectivity index (χ1v) is 4.93. The lowest BCUT2D eigenvalue weighted by atomic mass is 9.98. The summed E-state index contributed by atoms with van der Waals surface area (Å²) in [5.74, 6) is 0.906. The summed E-state index contributed by atoms with van der Waals surface area (Å²) < 4.78 is 0. The van der Waals surface area contributed by atoms with Gasteiger partial charge < -0.3 is 0 Å². The number of rotatable bonds is 3. The molecule has 2 unspecified atom stereocenters. The van der Waals surface area contributed by atoms with Crippen molar-refractivity contribution in [1.29, 1.82) is 0 Å². The molecule has 0 bridgehead atoms. The van der Waals surface area contributed by atoms with Crippen LogP contribution in [0.2, 0.25) is 0 Å². The molecule has 0 radical (unpaired) electrons. The minimum Gasteiger partial charge on any atom is -0.100 e. The number of hydrogen-bond acceptors (Lipinski definition) is 0. The third-order valence-electron chi connectivity index (χ3n) is 2.52. The number of hydrogen-bond donors (Lipinski definition) is 0. The molecule has 0 aliphatic heterocycles. The zero-order valence-electron chi connectivity index (χ0n) is 6.78. The van der Waals surface area contributed by atoms with Gasteiger partial charge in [-0.25, -0.2) is 0 Å². The SMILES string of the molecule is C=C(C)CC1(CBr)CC1C. The monoisotopic (exact) mass is 202 g/mol. The molecule has 0 aromatic heterocycles. The first-order valence-electron chi connectivity index (χ1n) is 3.81. The van der Waals surface area contributed by atoms with Gasteiger partial charge in [0.2, 0.25) is 0 Å². The van der Waals surface area contributed by atoms with Crippen molar-refractivity contribution in [3.63, 3.8) is 0 Å². The van der Waals surface area contributed by atoms with Gasteiger partial charge in [0, 0.05) is 5.33 Å². The van der Waals surface area contributed by atoms with Crippen LogP contribution in [0.4, 0.5) is 0 Å². The molecule has 1 aliphatic carbocycles. The molecule has 1 fully saturated rings. The summed E-state index contributed by atoms with van der Waals surface area (Å²) in [5.41, 5.74) is 1.91. The molecular formula is C9H15Br. The Kier molecular flexibility index (Phi) is 2.24. The summed E-state index contributed by atoms with van der Waals surface area (Å²) in [6.45, 7) is 8.39. The normalized spacial score (nSPS) is 37.7. The zero-order valence-corrected chi connectivity index (χ0v) is 8.37. The molecule has 58 valence electrons. The summed E-state index contributed by atoms with van der Waals surface area (Å²) in [4.78, 5) is 0. The molecule has 0 aromatic carbocycles. The second-order valence-corrected chi connectivity index (χ2v) is 4.30. The van der Waals surface area contributed by atoms with Crippen molar-refractivity contribution in [1.82, 2.24) is 0 Å². The van der Waals surface area contributed by atoms with E-state index >= 15 is 0 Å². The summed E-state index contributed by atoms with van der Waals surface area (Å²) >= 11 is 3.56. The maximum absolute atomic E-state index is 3.94. The van der Waals surface area contributed by atoms with Gasteiger partial charge in [-0.05, 0) is 31.1 Å². The van der Waals surface area contributed by atoms with Crippen LogP contribution in [0.5, 0.6) is 0 Å².